The largest absolute Gasteiger partial charge is 0.485 e. The lowest BCUT2D eigenvalue weighted by molar-refractivity contribution is 0.265. The van der Waals surface area contributed by atoms with Crippen molar-refractivity contribution in [2.45, 2.75) is 56.0 Å². The van der Waals surface area contributed by atoms with Gasteiger partial charge in [-0.1, -0.05) is 127 Å². The fourth-order valence-corrected chi connectivity index (χ4v) is 12.3. The van der Waals surface area contributed by atoms with Crippen molar-refractivity contribution in [3.05, 3.63) is 244 Å². The Morgan fingerprint density at radius 2 is 1.29 bits per heavy atom. The quantitative estimate of drug-likeness (QED) is 0.173. The molecule has 2 heterocycles. The first-order valence-electron chi connectivity index (χ1n) is 23.3. The van der Waals surface area contributed by atoms with Crippen LogP contribution in [0.1, 0.15) is 72.3 Å². The number of rotatable bonds is 5. The molecule has 1 spiro atoms. The number of hydrogen-bond donors (Lipinski definition) is 0. The van der Waals surface area contributed by atoms with E-state index in [0.717, 1.165) is 89.8 Å². The Bertz CT molecular complexity index is 3300. The summed E-state index contributed by atoms with van der Waals surface area (Å²) >= 11 is 0. The molecular formula is C61H45NO3. The number of para-hydroxylation sites is 3. The summed E-state index contributed by atoms with van der Waals surface area (Å²) in [5, 5.41) is 0. The molecule has 3 unspecified atom stereocenters. The molecule has 6 aliphatic carbocycles. The second kappa shape index (κ2) is 14.2. The maximum absolute atomic E-state index is 7.02. The molecule has 0 saturated carbocycles. The SMILES string of the molecule is C1=CC2Oc3ccccc3C2C(C2=CC(N(c3ccccc3)c3ccc(-c4cccc5c4Oc4cc6c(cc4O5)C4(C5=C(CCC=C5)c5ccccc54)C4=C6CCC=C4)cc3)=CCC2)=C1. The van der Waals surface area contributed by atoms with Crippen LogP contribution in [0.3, 0.4) is 0 Å². The summed E-state index contributed by atoms with van der Waals surface area (Å²) in [4.78, 5) is 2.39. The molecular weight excluding hydrogens is 795 g/mol. The van der Waals surface area contributed by atoms with Gasteiger partial charge in [0, 0.05) is 28.2 Å². The van der Waals surface area contributed by atoms with Crippen LogP contribution in [0.5, 0.6) is 28.7 Å². The maximum atomic E-state index is 7.02. The highest BCUT2D eigenvalue weighted by atomic mass is 16.6. The lowest BCUT2D eigenvalue weighted by atomic mass is 9.67. The molecule has 8 aliphatic rings. The third-order valence-electron chi connectivity index (χ3n) is 15.0. The lowest BCUT2D eigenvalue weighted by Crippen LogP contribution is -2.28. The van der Waals surface area contributed by atoms with Crippen LogP contribution in [0.4, 0.5) is 11.4 Å². The van der Waals surface area contributed by atoms with Gasteiger partial charge < -0.3 is 19.1 Å². The molecule has 0 amide bonds. The average molecular weight is 840 g/mol. The monoisotopic (exact) mass is 839 g/mol. The highest BCUT2D eigenvalue weighted by molar-refractivity contribution is 5.98. The van der Waals surface area contributed by atoms with E-state index in [1.807, 2.05) is 6.07 Å². The number of nitrogens with zero attached hydrogens (tertiary/aromatic N) is 1. The van der Waals surface area contributed by atoms with Crippen molar-refractivity contribution in [2.24, 2.45) is 0 Å². The third-order valence-corrected chi connectivity index (χ3v) is 15.0. The normalized spacial score (nSPS) is 22.2. The molecule has 3 atom stereocenters. The molecule has 0 radical (unpaired) electrons. The van der Waals surface area contributed by atoms with E-state index in [1.54, 1.807) is 0 Å². The summed E-state index contributed by atoms with van der Waals surface area (Å²) in [5.41, 5.74) is 20.2. The molecule has 4 nitrogen and oxygen atoms in total. The van der Waals surface area contributed by atoms with E-state index in [1.165, 1.54) is 67.0 Å². The van der Waals surface area contributed by atoms with Crippen LogP contribution in [0.15, 0.2) is 216 Å². The van der Waals surface area contributed by atoms with Gasteiger partial charge >= 0.3 is 0 Å². The Morgan fingerprint density at radius 1 is 0.569 bits per heavy atom. The van der Waals surface area contributed by atoms with Crippen LogP contribution in [0, 0.1) is 0 Å². The zero-order valence-electron chi connectivity index (χ0n) is 36.0. The van der Waals surface area contributed by atoms with Crippen molar-refractivity contribution in [1.82, 2.24) is 0 Å². The molecule has 2 aliphatic heterocycles. The van der Waals surface area contributed by atoms with E-state index >= 15 is 0 Å². The molecule has 4 heteroatoms. The number of fused-ring (bicyclic) bond motifs is 13. The fourth-order valence-electron chi connectivity index (χ4n) is 12.3. The number of ether oxygens (including phenoxy) is 3. The van der Waals surface area contributed by atoms with Gasteiger partial charge in [-0.15, -0.1) is 0 Å². The average Bonchev–Trinajstić information content (AvgIpc) is 4.00. The Labute approximate surface area is 379 Å². The van der Waals surface area contributed by atoms with Gasteiger partial charge in [-0.2, -0.15) is 0 Å². The Balaban J connectivity index is 0.814. The van der Waals surface area contributed by atoms with E-state index < -0.39 is 0 Å². The summed E-state index contributed by atoms with van der Waals surface area (Å²) in [7, 11) is 0. The van der Waals surface area contributed by atoms with Crippen molar-refractivity contribution in [3.63, 3.8) is 0 Å². The summed E-state index contributed by atoms with van der Waals surface area (Å²) in [5.74, 6) is 4.20. The zero-order valence-corrected chi connectivity index (χ0v) is 36.0. The topological polar surface area (TPSA) is 30.9 Å². The molecule has 0 bridgehead atoms. The van der Waals surface area contributed by atoms with Gasteiger partial charge in [0.05, 0.1) is 11.3 Å². The van der Waals surface area contributed by atoms with E-state index in [0.29, 0.717) is 0 Å². The maximum Gasteiger partial charge on any atom is 0.177 e. The summed E-state index contributed by atoms with van der Waals surface area (Å²) in [6, 6.07) is 48.1. The van der Waals surface area contributed by atoms with Gasteiger partial charge in [-0.3, -0.25) is 0 Å². The summed E-state index contributed by atoms with van der Waals surface area (Å²) in [6.45, 7) is 0. The highest BCUT2D eigenvalue weighted by Crippen LogP contribution is 2.66. The van der Waals surface area contributed by atoms with Crippen LogP contribution < -0.4 is 19.1 Å². The minimum absolute atomic E-state index is 0.0231. The number of anilines is 2. The van der Waals surface area contributed by atoms with Crippen LogP contribution >= 0.6 is 0 Å². The van der Waals surface area contributed by atoms with Crippen molar-refractivity contribution in [2.75, 3.05) is 4.90 Å². The van der Waals surface area contributed by atoms with Gasteiger partial charge in [-0.25, -0.2) is 0 Å². The molecule has 0 fully saturated rings. The van der Waals surface area contributed by atoms with Crippen LogP contribution in [-0.2, 0) is 5.41 Å². The van der Waals surface area contributed by atoms with E-state index in [2.05, 4.69) is 187 Å². The first-order valence-corrected chi connectivity index (χ1v) is 23.3. The van der Waals surface area contributed by atoms with E-state index in [4.69, 9.17) is 14.2 Å². The molecule has 0 aromatic heterocycles. The first-order chi connectivity index (χ1) is 32.2. The van der Waals surface area contributed by atoms with Crippen molar-refractivity contribution >= 4 is 22.5 Å². The van der Waals surface area contributed by atoms with Crippen LogP contribution in [0.2, 0.25) is 0 Å². The second-order valence-corrected chi connectivity index (χ2v) is 18.3. The van der Waals surface area contributed by atoms with Crippen LogP contribution in [-0.4, -0.2) is 6.10 Å². The molecule has 14 rings (SSSR count). The number of allylic oxidation sites excluding steroid dienone is 13. The van der Waals surface area contributed by atoms with Crippen molar-refractivity contribution < 1.29 is 14.2 Å². The molecule has 65 heavy (non-hydrogen) atoms. The number of hydrogen-bond acceptors (Lipinski definition) is 4. The molecule has 0 N–H and O–H groups in total. The predicted octanol–water partition coefficient (Wildman–Crippen LogP) is 15.6. The Kier molecular flexibility index (Phi) is 8.07. The molecule has 6 aromatic rings. The number of benzene rings is 6. The first kappa shape index (κ1) is 36.9. The van der Waals surface area contributed by atoms with E-state index in [9.17, 15) is 0 Å². The summed E-state index contributed by atoms with van der Waals surface area (Å²) in [6.07, 6.45) is 27.2. The zero-order chi connectivity index (χ0) is 42.6. The molecule has 0 saturated heterocycles. The molecule has 312 valence electrons. The fraction of sp³-hybridized carbons (Fsp3) is 0.148. The van der Waals surface area contributed by atoms with E-state index in [-0.39, 0.29) is 17.4 Å². The van der Waals surface area contributed by atoms with Gasteiger partial charge in [0.2, 0.25) is 0 Å². The van der Waals surface area contributed by atoms with Crippen molar-refractivity contribution in [1.29, 1.82) is 0 Å². The lowest BCUT2D eigenvalue weighted by Gasteiger charge is -2.34. The van der Waals surface area contributed by atoms with Gasteiger partial charge in [0.1, 0.15) is 11.9 Å². The van der Waals surface area contributed by atoms with Crippen LogP contribution in [0.25, 0.3) is 22.3 Å². The van der Waals surface area contributed by atoms with Gasteiger partial charge in [-0.05, 0) is 160 Å². The third kappa shape index (κ3) is 5.37. The smallest absolute Gasteiger partial charge is 0.177 e. The second-order valence-electron chi connectivity index (χ2n) is 18.3. The minimum Gasteiger partial charge on any atom is -0.485 e. The van der Waals surface area contributed by atoms with Gasteiger partial charge in [0.15, 0.2) is 23.0 Å². The highest BCUT2D eigenvalue weighted by Gasteiger charge is 2.54. The molecule has 6 aromatic carbocycles. The van der Waals surface area contributed by atoms with Crippen molar-refractivity contribution in [3.8, 4) is 39.9 Å². The Morgan fingerprint density at radius 3 is 2.15 bits per heavy atom. The minimum atomic E-state index is -0.351. The predicted molar refractivity (Wildman–Crippen MR) is 261 cm³/mol. The Hall–Kier alpha value is -7.56. The standard InChI is InChI=1S/C61H45NO3/c1-2-16-40(17-3-1)62(42-18-12-15-39(35-42)43-23-13-29-55-59(43)48-22-7-11-28-54(48)63-55)41-33-31-38(32-34-41)44-24-14-30-56-60(44)65-57-36-49-47-21-6-10-27-52(47)61(53(49)37-58(57)64-56)50-25-8-4-19-45(50)46-20-5-9-26-51(46)61/h1-4,7-11,13-14,16-19,22-37,55,59H,5-6,12,15,20-21H2. The van der Waals surface area contributed by atoms with Gasteiger partial charge in [0.25, 0.3) is 0 Å². The summed E-state index contributed by atoms with van der Waals surface area (Å²) < 4.78 is 20.4.